The Kier molecular flexibility index (Phi) is 3.56. The molecule has 0 amide bonds. The van der Waals surface area contributed by atoms with E-state index in [1.54, 1.807) is 0 Å². The van der Waals surface area contributed by atoms with Gasteiger partial charge in [0.05, 0.1) is 10.9 Å². The van der Waals surface area contributed by atoms with Gasteiger partial charge in [-0.3, -0.25) is 0 Å². The lowest BCUT2D eigenvalue weighted by molar-refractivity contribution is -0.0312. The highest BCUT2D eigenvalue weighted by Crippen LogP contribution is 2.46. The van der Waals surface area contributed by atoms with Gasteiger partial charge in [0.1, 0.15) is 0 Å². The highest BCUT2D eigenvalue weighted by molar-refractivity contribution is 7.91. The minimum absolute atomic E-state index is 0.188. The number of aliphatic hydroxyl groups is 1. The van der Waals surface area contributed by atoms with E-state index in [4.69, 9.17) is 0 Å². The van der Waals surface area contributed by atoms with Crippen molar-refractivity contribution in [3.63, 3.8) is 0 Å². The molecule has 4 heteroatoms. The van der Waals surface area contributed by atoms with Gasteiger partial charge in [0.2, 0.25) is 0 Å². The van der Waals surface area contributed by atoms with E-state index >= 15 is 0 Å². The topological polar surface area (TPSA) is 54.4 Å². The van der Waals surface area contributed by atoms with Crippen LogP contribution >= 0.6 is 0 Å². The minimum atomic E-state index is -3.13. The third-order valence-electron chi connectivity index (χ3n) is 4.76. The van der Waals surface area contributed by atoms with Crippen molar-refractivity contribution in [1.29, 1.82) is 0 Å². The molecule has 0 bridgehead atoms. The predicted octanol–water partition coefficient (Wildman–Crippen LogP) is 2.14. The molecule has 0 radical (unpaired) electrons. The second-order valence-electron chi connectivity index (χ2n) is 6.17. The van der Waals surface area contributed by atoms with Crippen LogP contribution in [-0.4, -0.2) is 30.6 Å². The molecule has 100 valence electrons. The number of rotatable bonds is 2. The van der Waals surface area contributed by atoms with Crippen LogP contribution in [0.1, 0.15) is 51.9 Å². The van der Waals surface area contributed by atoms with Crippen molar-refractivity contribution in [2.75, 3.05) is 6.26 Å². The van der Waals surface area contributed by atoms with Crippen molar-refractivity contribution in [1.82, 2.24) is 0 Å². The Morgan fingerprint density at radius 1 is 1.18 bits per heavy atom. The maximum absolute atomic E-state index is 11.8. The second-order valence-corrected chi connectivity index (χ2v) is 8.40. The highest BCUT2D eigenvalue weighted by atomic mass is 32.2. The van der Waals surface area contributed by atoms with Gasteiger partial charge in [-0.05, 0) is 43.9 Å². The lowest BCUT2D eigenvalue weighted by Gasteiger charge is -2.41. The zero-order valence-electron chi connectivity index (χ0n) is 10.9. The maximum atomic E-state index is 11.8. The molecule has 0 aromatic heterocycles. The van der Waals surface area contributed by atoms with E-state index in [-0.39, 0.29) is 5.92 Å². The van der Waals surface area contributed by atoms with Gasteiger partial charge in [0.15, 0.2) is 9.84 Å². The molecular weight excluding hydrogens is 236 g/mol. The first-order chi connectivity index (χ1) is 7.84. The van der Waals surface area contributed by atoms with Gasteiger partial charge in [-0.15, -0.1) is 0 Å². The lowest BCUT2D eigenvalue weighted by Crippen LogP contribution is -2.49. The number of hydrogen-bond donors (Lipinski definition) is 1. The molecule has 2 rings (SSSR count). The van der Waals surface area contributed by atoms with Gasteiger partial charge in [-0.25, -0.2) is 8.42 Å². The molecule has 4 unspecified atom stereocenters. The van der Waals surface area contributed by atoms with Gasteiger partial charge in [0, 0.05) is 6.26 Å². The normalized spacial score (nSPS) is 43.8. The van der Waals surface area contributed by atoms with E-state index in [0.717, 1.165) is 25.7 Å². The van der Waals surface area contributed by atoms with Crippen LogP contribution in [0.2, 0.25) is 0 Å². The summed E-state index contributed by atoms with van der Waals surface area (Å²) in [6.07, 6.45) is 7.76. The van der Waals surface area contributed by atoms with E-state index in [1.807, 2.05) is 0 Å². The first kappa shape index (κ1) is 13.3. The van der Waals surface area contributed by atoms with Crippen LogP contribution in [0.15, 0.2) is 0 Å². The zero-order chi connectivity index (χ0) is 12.7. The molecule has 2 aliphatic carbocycles. The van der Waals surface area contributed by atoms with Gasteiger partial charge < -0.3 is 5.11 Å². The Morgan fingerprint density at radius 3 is 2.47 bits per heavy atom. The third-order valence-corrected chi connectivity index (χ3v) is 6.44. The van der Waals surface area contributed by atoms with Crippen LogP contribution in [0.4, 0.5) is 0 Å². The molecular formula is C13H24O3S. The van der Waals surface area contributed by atoms with Crippen molar-refractivity contribution in [2.24, 2.45) is 11.8 Å². The van der Waals surface area contributed by atoms with E-state index < -0.39 is 20.7 Å². The van der Waals surface area contributed by atoms with Crippen molar-refractivity contribution < 1.29 is 13.5 Å². The van der Waals surface area contributed by atoms with E-state index in [0.29, 0.717) is 18.8 Å². The molecule has 0 saturated heterocycles. The molecule has 1 N–H and O–H groups in total. The van der Waals surface area contributed by atoms with Crippen molar-refractivity contribution in [3.8, 4) is 0 Å². The van der Waals surface area contributed by atoms with Crippen molar-refractivity contribution in [2.45, 2.75) is 62.7 Å². The smallest absolute Gasteiger partial charge is 0.153 e. The standard InChI is InChI=1S/C13H24O3S/c1-10-5-3-6-11(9-10)13(14)8-4-7-12(13)17(2,15)16/h10-12,14H,3-9H2,1-2H3. The van der Waals surface area contributed by atoms with Gasteiger partial charge in [-0.2, -0.15) is 0 Å². The van der Waals surface area contributed by atoms with Crippen LogP contribution in [0.25, 0.3) is 0 Å². The van der Waals surface area contributed by atoms with Gasteiger partial charge >= 0.3 is 0 Å². The Bertz CT molecular complexity index is 376. The van der Waals surface area contributed by atoms with Gasteiger partial charge in [-0.1, -0.05) is 19.8 Å². The van der Waals surface area contributed by atoms with Crippen molar-refractivity contribution >= 4 is 9.84 Å². The Labute approximate surface area is 105 Å². The summed E-state index contributed by atoms with van der Waals surface area (Å²) in [4.78, 5) is 0. The minimum Gasteiger partial charge on any atom is -0.388 e. The van der Waals surface area contributed by atoms with Crippen LogP contribution in [0.3, 0.4) is 0 Å². The molecule has 0 heterocycles. The SMILES string of the molecule is CC1CCCC(C2(O)CCCC2S(C)(=O)=O)C1. The summed E-state index contributed by atoms with van der Waals surface area (Å²) in [6.45, 7) is 2.21. The predicted molar refractivity (Wildman–Crippen MR) is 68.6 cm³/mol. The van der Waals surface area contributed by atoms with Gasteiger partial charge in [0.25, 0.3) is 0 Å². The molecule has 2 aliphatic rings. The zero-order valence-corrected chi connectivity index (χ0v) is 11.7. The summed E-state index contributed by atoms with van der Waals surface area (Å²) in [5.74, 6) is 0.812. The van der Waals surface area contributed by atoms with Crippen LogP contribution in [0.5, 0.6) is 0 Å². The number of sulfone groups is 1. The largest absolute Gasteiger partial charge is 0.388 e. The second kappa shape index (κ2) is 4.54. The van der Waals surface area contributed by atoms with E-state index in [2.05, 4.69) is 6.92 Å². The summed E-state index contributed by atoms with van der Waals surface area (Å²) in [7, 11) is -3.13. The fraction of sp³-hybridized carbons (Fsp3) is 1.00. The van der Waals surface area contributed by atoms with E-state index in [1.165, 1.54) is 12.7 Å². The molecule has 0 aromatic carbocycles. The van der Waals surface area contributed by atoms with Crippen molar-refractivity contribution in [3.05, 3.63) is 0 Å². The summed E-state index contributed by atoms with van der Waals surface area (Å²) in [5.41, 5.74) is -0.942. The average molecular weight is 260 g/mol. The Balaban J connectivity index is 2.22. The third kappa shape index (κ3) is 2.53. The molecule has 2 saturated carbocycles. The van der Waals surface area contributed by atoms with Crippen LogP contribution in [-0.2, 0) is 9.84 Å². The lowest BCUT2D eigenvalue weighted by atomic mass is 9.72. The summed E-state index contributed by atoms with van der Waals surface area (Å²) < 4.78 is 23.6. The Morgan fingerprint density at radius 2 is 1.88 bits per heavy atom. The fourth-order valence-corrected chi connectivity index (χ4v) is 5.57. The fourth-order valence-electron chi connectivity index (χ4n) is 3.92. The first-order valence-electron chi connectivity index (χ1n) is 6.75. The first-order valence-corrected chi connectivity index (χ1v) is 8.70. The Hall–Kier alpha value is -0.0900. The molecule has 0 aromatic rings. The van der Waals surface area contributed by atoms with Crippen LogP contribution < -0.4 is 0 Å². The average Bonchev–Trinajstić information content (AvgIpc) is 2.61. The highest BCUT2D eigenvalue weighted by Gasteiger charge is 2.51. The molecule has 2 fully saturated rings. The monoisotopic (exact) mass is 260 g/mol. The molecule has 3 nitrogen and oxygen atoms in total. The van der Waals surface area contributed by atoms with E-state index in [9.17, 15) is 13.5 Å². The molecule has 0 spiro atoms. The summed E-state index contributed by atoms with van der Waals surface area (Å²) in [6, 6.07) is 0. The maximum Gasteiger partial charge on any atom is 0.153 e. The van der Waals surface area contributed by atoms with Crippen LogP contribution in [0, 0.1) is 11.8 Å². The summed E-state index contributed by atoms with van der Waals surface area (Å²) >= 11 is 0. The quantitative estimate of drug-likeness (QED) is 0.827. The summed E-state index contributed by atoms with van der Waals surface area (Å²) in [5, 5.41) is 10.3. The molecule has 4 atom stereocenters. The molecule has 17 heavy (non-hydrogen) atoms. The molecule has 0 aliphatic heterocycles. The number of hydrogen-bond acceptors (Lipinski definition) is 3.